The molecule has 1 aromatic heterocycles. The maximum Gasteiger partial charge on any atom is 0.346 e. The molecule has 0 aliphatic heterocycles. The number of fused-ring (bicyclic) bond motifs is 1. The van der Waals surface area contributed by atoms with E-state index in [1.54, 1.807) is 24.3 Å². The van der Waals surface area contributed by atoms with Crippen LogP contribution in [-0.4, -0.2) is 17.0 Å². The molecule has 0 saturated carbocycles. The predicted octanol–water partition coefficient (Wildman–Crippen LogP) is 4.04. The molecule has 0 bridgehead atoms. The van der Waals surface area contributed by atoms with Crippen molar-refractivity contribution in [1.29, 1.82) is 0 Å². The Labute approximate surface area is 149 Å². The first-order chi connectivity index (χ1) is 11.5. The largest absolute Gasteiger partial charge is 0.489 e. The van der Waals surface area contributed by atoms with Gasteiger partial charge in [-0.15, -0.1) is 11.3 Å². The van der Waals surface area contributed by atoms with Crippen molar-refractivity contribution in [3.63, 3.8) is 0 Å². The molecule has 0 radical (unpaired) electrons. The van der Waals surface area contributed by atoms with Gasteiger partial charge in [0.1, 0.15) is 17.2 Å². The lowest BCUT2D eigenvalue weighted by Crippen LogP contribution is -2.10. The lowest BCUT2D eigenvalue weighted by Gasteiger charge is -2.08. The van der Waals surface area contributed by atoms with Crippen LogP contribution in [0, 0.1) is 0 Å². The molecule has 0 unspecified atom stereocenters. The smallest absolute Gasteiger partial charge is 0.346 e. The summed E-state index contributed by atoms with van der Waals surface area (Å²) in [4.78, 5) is 22.8. The van der Waals surface area contributed by atoms with Crippen molar-refractivity contribution in [2.75, 3.05) is 0 Å². The summed E-state index contributed by atoms with van der Waals surface area (Å²) in [5, 5.41) is 10.3. The Hall–Kier alpha value is -2.38. The monoisotopic (exact) mass is 405 g/mol. The topological polar surface area (TPSA) is 89.6 Å². The molecule has 0 saturated heterocycles. The second kappa shape index (κ2) is 6.62. The van der Waals surface area contributed by atoms with Gasteiger partial charge in [-0.2, -0.15) is 0 Å². The number of carbonyl (C=O) groups is 2. The van der Waals surface area contributed by atoms with Crippen LogP contribution in [-0.2, 0) is 6.61 Å². The molecule has 0 aliphatic carbocycles. The summed E-state index contributed by atoms with van der Waals surface area (Å²) in [6.07, 6.45) is 0. The molecule has 1 amide bonds. The number of hydrogen-bond acceptors (Lipinski definition) is 4. The van der Waals surface area contributed by atoms with E-state index in [1.165, 1.54) is 11.3 Å². The second-order valence-electron chi connectivity index (χ2n) is 5.01. The van der Waals surface area contributed by atoms with E-state index in [0.717, 1.165) is 14.6 Å². The molecule has 0 aliphatic rings. The molecule has 3 N–H and O–H groups in total. The molecule has 3 rings (SSSR count). The third kappa shape index (κ3) is 3.13. The maximum absolute atomic E-state index is 11.5. The summed E-state index contributed by atoms with van der Waals surface area (Å²) >= 11 is 4.69. The highest BCUT2D eigenvalue weighted by molar-refractivity contribution is 9.10. The van der Waals surface area contributed by atoms with E-state index < -0.39 is 11.9 Å². The Kier molecular flexibility index (Phi) is 4.55. The summed E-state index contributed by atoms with van der Waals surface area (Å²) in [6, 6.07) is 12.0. The molecule has 0 atom stereocenters. The Morgan fingerprint density at radius 3 is 2.50 bits per heavy atom. The van der Waals surface area contributed by atoms with Crippen LogP contribution in [0.2, 0.25) is 0 Å². The van der Waals surface area contributed by atoms with Crippen LogP contribution in [0.4, 0.5) is 0 Å². The fraction of sp³-hybridized carbons (Fsp3) is 0.0588. The Balaban J connectivity index is 1.93. The van der Waals surface area contributed by atoms with Crippen molar-refractivity contribution in [2.45, 2.75) is 6.61 Å². The van der Waals surface area contributed by atoms with Crippen molar-refractivity contribution in [3.8, 4) is 5.75 Å². The van der Waals surface area contributed by atoms with Gasteiger partial charge >= 0.3 is 5.97 Å². The number of carboxylic acid groups (broad SMARTS) is 1. The van der Waals surface area contributed by atoms with E-state index in [4.69, 9.17) is 10.5 Å². The molecule has 5 nitrogen and oxygen atoms in total. The molecule has 3 aromatic rings. The third-order valence-corrected chi connectivity index (χ3v) is 5.33. The molecule has 1 heterocycles. The summed E-state index contributed by atoms with van der Waals surface area (Å²) in [5.41, 5.74) is 6.20. The number of rotatable bonds is 5. The molecule has 2 aromatic carbocycles. The summed E-state index contributed by atoms with van der Waals surface area (Å²) < 4.78 is 7.41. The normalized spacial score (nSPS) is 10.7. The average molecular weight is 406 g/mol. The minimum Gasteiger partial charge on any atom is -0.489 e. The average Bonchev–Trinajstić information content (AvgIpc) is 2.93. The van der Waals surface area contributed by atoms with Gasteiger partial charge in [0, 0.05) is 25.7 Å². The molecular weight excluding hydrogens is 394 g/mol. The standard InChI is InChI=1S/C17H12BrNO4S/c18-12-2-1-3-13-14(12)11(15(24-13)17(21)22)8-23-10-6-4-9(5-7-10)16(19)20/h1-7H,8H2,(H2,19,20)(H,21,22). The minimum atomic E-state index is -0.981. The fourth-order valence-corrected chi connectivity index (χ4v) is 4.16. The van der Waals surface area contributed by atoms with Crippen LogP contribution >= 0.6 is 27.3 Å². The fourth-order valence-electron chi connectivity index (χ4n) is 2.35. The van der Waals surface area contributed by atoms with Gasteiger partial charge < -0.3 is 15.6 Å². The van der Waals surface area contributed by atoms with Crippen molar-refractivity contribution < 1.29 is 19.4 Å². The van der Waals surface area contributed by atoms with Gasteiger partial charge in [-0.05, 0) is 36.4 Å². The van der Waals surface area contributed by atoms with Crippen LogP contribution in [0.1, 0.15) is 25.6 Å². The molecule has 122 valence electrons. The number of primary amides is 1. The lowest BCUT2D eigenvalue weighted by atomic mass is 10.1. The summed E-state index contributed by atoms with van der Waals surface area (Å²) in [7, 11) is 0. The highest BCUT2D eigenvalue weighted by atomic mass is 79.9. The highest BCUT2D eigenvalue weighted by Gasteiger charge is 2.20. The van der Waals surface area contributed by atoms with E-state index in [9.17, 15) is 14.7 Å². The summed E-state index contributed by atoms with van der Waals surface area (Å²) in [5.74, 6) is -0.962. The highest BCUT2D eigenvalue weighted by Crippen LogP contribution is 2.36. The quantitative estimate of drug-likeness (QED) is 0.669. The van der Waals surface area contributed by atoms with Crippen LogP contribution in [0.25, 0.3) is 10.1 Å². The third-order valence-electron chi connectivity index (χ3n) is 3.48. The first-order valence-electron chi connectivity index (χ1n) is 6.93. The molecule has 7 heteroatoms. The van der Waals surface area contributed by atoms with Gasteiger partial charge in [0.15, 0.2) is 0 Å². The van der Waals surface area contributed by atoms with E-state index in [0.29, 0.717) is 16.9 Å². The Bertz CT molecular complexity index is 934. The van der Waals surface area contributed by atoms with Crippen molar-refractivity contribution in [3.05, 3.63) is 62.9 Å². The maximum atomic E-state index is 11.5. The van der Waals surface area contributed by atoms with Crippen molar-refractivity contribution >= 4 is 49.2 Å². The van der Waals surface area contributed by atoms with Crippen LogP contribution in [0.3, 0.4) is 0 Å². The van der Waals surface area contributed by atoms with E-state index >= 15 is 0 Å². The van der Waals surface area contributed by atoms with Gasteiger partial charge in [-0.1, -0.05) is 22.0 Å². The lowest BCUT2D eigenvalue weighted by molar-refractivity contribution is 0.0699. The number of benzene rings is 2. The first kappa shape index (κ1) is 16.5. The minimum absolute atomic E-state index is 0.111. The van der Waals surface area contributed by atoms with Crippen LogP contribution < -0.4 is 10.5 Å². The van der Waals surface area contributed by atoms with Crippen molar-refractivity contribution in [1.82, 2.24) is 0 Å². The van der Waals surface area contributed by atoms with Crippen molar-refractivity contribution in [2.24, 2.45) is 5.73 Å². The Morgan fingerprint density at radius 1 is 1.17 bits per heavy atom. The van der Waals surface area contributed by atoms with Gasteiger partial charge in [0.2, 0.25) is 5.91 Å². The zero-order valence-electron chi connectivity index (χ0n) is 12.3. The molecule has 0 spiro atoms. The number of carbonyl (C=O) groups excluding carboxylic acids is 1. The number of ether oxygens (including phenoxy) is 1. The summed E-state index contributed by atoms with van der Waals surface area (Å²) in [6.45, 7) is 0.111. The zero-order chi connectivity index (χ0) is 17.3. The van der Waals surface area contributed by atoms with E-state index in [-0.39, 0.29) is 11.5 Å². The number of hydrogen-bond donors (Lipinski definition) is 2. The molecular formula is C17H12BrNO4S. The second-order valence-corrected chi connectivity index (χ2v) is 6.91. The number of aromatic carboxylic acids is 1. The Morgan fingerprint density at radius 2 is 1.88 bits per heavy atom. The number of amides is 1. The van der Waals surface area contributed by atoms with Crippen LogP contribution in [0.5, 0.6) is 5.75 Å². The number of thiophene rings is 1. The first-order valence-corrected chi connectivity index (χ1v) is 8.54. The van der Waals surface area contributed by atoms with Gasteiger partial charge in [-0.3, -0.25) is 4.79 Å². The SMILES string of the molecule is NC(=O)c1ccc(OCc2c(C(=O)O)sc3cccc(Br)c23)cc1. The predicted molar refractivity (Wildman–Crippen MR) is 95.8 cm³/mol. The van der Waals surface area contributed by atoms with Gasteiger partial charge in [0.05, 0.1) is 0 Å². The van der Waals surface area contributed by atoms with Crippen LogP contribution in [0.15, 0.2) is 46.9 Å². The van der Waals surface area contributed by atoms with E-state index in [2.05, 4.69) is 15.9 Å². The van der Waals surface area contributed by atoms with Gasteiger partial charge in [-0.25, -0.2) is 4.79 Å². The number of carboxylic acids is 1. The molecule has 0 fully saturated rings. The molecule has 24 heavy (non-hydrogen) atoms. The zero-order valence-corrected chi connectivity index (χ0v) is 14.7. The van der Waals surface area contributed by atoms with Gasteiger partial charge in [0.25, 0.3) is 0 Å². The van der Waals surface area contributed by atoms with E-state index in [1.807, 2.05) is 18.2 Å². The number of halogens is 1. The number of nitrogens with two attached hydrogens (primary N) is 1.